The number of nitrogens with one attached hydrogen (secondary N) is 2. The van der Waals surface area contributed by atoms with E-state index in [1.54, 1.807) is 24.8 Å². The van der Waals surface area contributed by atoms with Crippen LogP contribution in [0.3, 0.4) is 0 Å². The van der Waals surface area contributed by atoms with Crippen molar-refractivity contribution < 1.29 is 0 Å². The van der Waals surface area contributed by atoms with Gasteiger partial charge in [0.25, 0.3) is 0 Å². The van der Waals surface area contributed by atoms with Crippen LogP contribution in [0.15, 0.2) is 79.4 Å². The first kappa shape index (κ1) is 16.6. The maximum Gasteiger partial charge on any atom is 0.135 e. The summed E-state index contributed by atoms with van der Waals surface area (Å²) in [5.74, 6) is 0. The SMILES string of the molecule is c1ccc(-c2nccc3[nH]c(-c4n[nH]c5ccc(-c6ccncc6)nc45)cc23)nc1. The third-order valence-corrected chi connectivity index (χ3v) is 5.09. The molecule has 30 heavy (non-hydrogen) atoms. The molecule has 7 heteroatoms. The minimum atomic E-state index is 0.768. The van der Waals surface area contributed by atoms with Gasteiger partial charge in [0, 0.05) is 41.3 Å². The van der Waals surface area contributed by atoms with Crippen LogP contribution in [0.5, 0.6) is 0 Å². The molecule has 0 aliphatic rings. The molecule has 0 saturated carbocycles. The van der Waals surface area contributed by atoms with Gasteiger partial charge in [-0.15, -0.1) is 0 Å². The molecule has 6 aromatic heterocycles. The third-order valence-electron chi connectivity index (χ3n) is 5.09. The molecule has 0 atom stereocenters. The highest BCUT2D eigenvalue weighted by Gasteiger charge is 2.16. The quantitative estimate of drug-likeness (QED) is 0.460. The summed E-state index contributed by atoms with van der Waals surface area (Å²) < 4.78 is 0. The molecule has 0 fully saturated rings. The molecule has 0 aromatic carbocycles. The summed E-state index contributed by atoms with van der Waals surface area (Å²) in [6.07, 6.45) is 7.09. The Balaban J connectivity index is 1.52. The van der Waals surface area contributed by atoms with Crippen molar-refractivity contribution in [3.05, 3.63) is 79.4 Å². The Bertz CT molecular complexity index is 1480. The number of rotatable bonds is 3. The number of hydrogen-bond acceptors (Lipinski definition) is 5. The van der Waals surface area contributed by atoms with Crippen molar-refractivity contribution in [3.8, 4) is 34.0 Å². The van der Waals surface area contributed by atoms with Gasteiger partial charge in [-0.1, -0.05) is 6.07 Å². The molecule has 7 nitrogen and oxygen atoms in total. The monoisotopic (exact) mass is 389 g/mol. The number of aromatic nitrogens is 7. The molecule has 0 radical (unpaired) electrons. The highest BCUT2D eigenvalue weighted by atomic mass is 15.1. The van der Waals surface area contributed by atoms with E-state index in [1.165, 1.54) is 0 Å². The lowest BCUT2D eigenvalue weighted by Gasteiger charge is -2.01. The molecule has 0 aliphatic heterocycles. The fraction of sp³-hybridized carbons (Fsp3) is 0. The summed E-state index contributed by atoms with van der Waals surface area (Å²) in [5.41, 5.74) is 7.86. The van der Waals surface area contributed by atoms with Gasteiger partial charge >= 0.3 is 0 Å². The van der Waals surface area contributed by atoms with Crippen molar-refractivity contribution in [2.24, 2.45) is 0 Å². The normalized spacial score (nSPS) is 11.3. The molecule has 0 spiro atoms. The largest absolute Gasteiger partial charge is 0.353 e. The van der Waals surface area contributed by atoms with Gasteiger partial charge in [-0.3, -0.25) is 20.1 Å². The van der Waals surface area contributed by atoms with Crippen LogP contribution in [0.25, 0.3) is 56.0 Å². The predicted octanol–water partition coefficient (Wildman–Crippen LogP) is 4.63. The Morgan fingerprint density at radius 2 is 1.63 bits per heavy atom. The number of hydrogen-bond donors (Lipinski definition) is 2. The van der Waals surface area contributed by atoms with E-state index in [2.05, 4.69) is 36.2 Å². The first-order valence-electron chi connectivity index (χ1n) is 9.52. The molecular weight excluding hydrogens is 374 g/mol. The maximum atomic E-state index is 4.86. The van der Waals surface area contributed by atoms with E-state index in [4.69, 9.17) is 4.98 Å². The Morgan fingerprint density at radius 1 is 0.700 bits per heavy atom. The fourth-order valence-electron chi connectivity index (χ4n) is 3.66. The topological polar surface area (TPSA) is 96.0 Å². The second-order valence-electron chi connectivity index (χ2n) is 6.92. The zero-order valence-electron chi connectivity index (χ0n) is 15.7. The highest BCUT2D eigenvalue weighted by molar-refractivity contribution is 5.98. The summed E-state index contributed by atoms with van der Waals surface area (Å²) >= 11 is 0. The molecule has 0 aliphatic carbocycles. The van der Waals surface area contributed by atoms with E-state index in [9.17, 15) is 0 Å². The minimum Gasteiger partial charge on any atom is -0.353 e. The molecule has 6 aromatic rings. The van der Waals surface area contributed by atoms with E-state index >= 15 is 0 Å². The number of fused-ring (bicyclic) bond motifs is 2. The van der Waals surface area contributed by atoms with Crippen molar-refractivity contribution in [3.63, 3.8) is 0 Å². The average Bonchev–Trinajstić information content (AvgIpc) is 3.43. The number of H-pyrrole nitrogens is 2. The maximum absolute atomic E-state index is 4.86. The van der Waals surface area contributed by atoms with Crippen LogP contribution in [0.1, 0.15) is 0 Å². The van der Waals surface area contributed by atoms with E-state index in [-0.39, 0.29) is 0 Å². The molecule has 6 rings (SSSR count). The zero-order valence-corrected chi connectivity index (χ0v) is 15.7. The smallest absolute Gasteiger partial charge is 0.135 e. The van der Waals surface area contributed by atoms with E-state index in [1.807, 2.05) is 48.5 Å². The van der Waals surface area contributed by atoms with Crippen LogP contribution >= 0.6 is 0 Å². The van der Waals surface area contributed by atoms with Crippen molar-refractivity contribution in [1.82, 2.24) is 35.1 Å². The lowest BCUT2D eigenvalue weighted by molar-refractivity contribution is 1.12. The Hall–Kier alpha value is -4.39. The molecule has 0 bridgehead atoms. The van der Waals surface area contributed by atoms with Gasteiger partial charge in [0.05, 0.1) is 28.3 Å². The van der Waals surface area contributed by atoms with Crippen molar-refractivity contribution >= 4 is 21.9 Å². The third kappa shape index (κ3) is 2.64. The van der Waals surface area contributed by atoms with Gasteiger partial charge in [-0.25, -0.2) is 4.98 Å². The van der Waals surface area contributed by atoms with Crippen molar-refractivity contribution in [1.29, 1.82) is 0 Å². The zero-order chi connectivity index (χ0) is 19.9. The summed E-state index contributed by atoms with van der Waals surface area (Å²) in [4.78, 5) is 21.4. The van der Waals surface area contributed by atoms with Crippen LogP contribution in [0.2, 0.25) is 0 Å². The van der Waals surface area contributed by atoms with Gasteiger partial charge in [0.15, 0.2) is 0 Å². The standard InChI is InChI=1S/C23H15N7/c1-2-9-25-18(3-1)21-15-13-20(27-17(15)8-12-26-21)23-22-19(29-30-23)5-4-16(28-22)14-6-10-24-11-7-14/h1-13,27H,(H,29,30). The summed E-state index contributed by atoms with van der Waals surface area (Å²) in [5, 5.41) is 8.61. The summed E-state index contributed by atoms with van der Waals surface area (Å²) in [6.45, 7) is 0. The van der Waals surface area contributed by atoms with E-state index in [0.717, 1.165) is 56.0 Å². The highest BCUT2D eigenvalue weighted by Crippen LogP contribution is 2.32. The van der Waals surface area contributed by atoms with Gasteiger partial charge in [-0.05, 0) is 48.5 Å². The summed E-state index contributed by atoms with van der Waals surface area (Å²) in [6, 6.07) is 17.7. The molecule has 0 saturated heterocycles. The van der Waals surface area contributed by atoms with Crippen LogP contribution in [-0.4, -0.2) is 35.1 Å². The Kier molecular flexibility index (Phi) is 3.64. The van der Waals surface area contributed by atoms with Crippen LogP contribution in [0, 0.1) is 0 Å². The first-order chi connectivity index (χ1) is 14.9. The molecular formula is C23H15N7. The fourth-order valence-corrected chi connectivity index (χ4v) is 3.66. The van der Waals surface area contributed by atoms with Crippen molar-refractivity contribution in [2.75, 3.05) is 0 Å². The average molecular weight is 389 g/mol. The lowest BCUT2D eigenvalue weighted by Crippen LogP contribution is -1.86. The molecule has 0 amide bonds. The number of nitrogens with zero attached hydrogens (tertiary/aromatic N) is 5. The minimum absolute atomic E-state index is 0.768. The first-order valence-corrected chi connectivity index (χ1v) is 9.52. The Labute approximate surface area is 170 Å². The van der Waals surface area contributed by atoms with Crippen LogP contribution < -0.4 is 0 Å². The second-order valence-corrected chi connectivity index (χ2v) is 6.92. The van der Waals surface area contributed by atoms with Gasteiger partial charge in [-0.2, -0.15) is 5.10 Å². The van der Waals surface area contributed by atoms with E-state index in [0.29, 0.717) is 0 Å². The second kappa shape index (κ2) is 6.59. The molecule has 2 N–H and O–H groups in total. The summed E-state index contributed by atoms with van der Waals surface area (Å²) in [7, 11) is 0. The van der Waals surface area contributed by atoms with E-state index < -0.39 is 0 Å². The van der Waals surface area contributed by atoms with Gasteiger partial charge < -0.3 is 4.98 Å². The molecule has 0 unspecified atom stereocenters. The molecule has 142 valence electrons. The van der Waals surface area contributed by atoms with Crippen molar-refractivity contribution in [2.45, 2.75) is 0 Å². The number of aromatic amines is 2. The molecule has 6 heterocycles. The predicted molar refractivity (Wildman–Crippen MR) is 115 cm³/mol. The lowest BCUT2D eigenvalue weighted by atomic mass is 10.1. The van der Waals surface area contributed by atoms with Crippen LogP contribution in [-0.2, 0) is 0 Å². The van der Waals surface area contributed by atoms with Gasteiger partial charge in [0.2, 0.25) is 0 Å². The van der Waals surface area contributed by atoms with Crippen LogP contribution in [0.4, 0.5) is 0 Å². The Morgan fingerprint density at radius 3 is 2.50 bits per heavy atom. The number of pyridine rings is 4. The van der Waals surface area contributed by atoms with Gasteiger partial charge in [0.1, 0.15) is 11.2 Å².